The van der Waals surface area contributed by atoms with E-state index >= 15 is 0 Å². The molecule has 1 aliphatic rings. The maximum Gasteiger partial charge on any atom is 0.244 e. The number of amides is 1. The first-order chi connectivity index (χ1) is 12.1. The van der Waals surface area contributed by atoms with Crippen molar-refractivity contribution in [2.45, 2.75) is 0 Å². The summed E-state index contributed by atoms with van der Waals surface area (Å²) in [5, 5.41) is 0.576. The number of nitrogens with zero attached hydrogens (tertiary/aromatic N) is 2. The van der Waals surface area contributed by atoms with Gasteiger partial charge in [0.25, 0.3) is 0 Å². The minimum Gasteiger partial charge on any atom is -0.398 e. The molecule has 1 heterocycles. The van der Waals surface area contributed by atoms with Gasteiger partial charge in [-0.15, -0.1) is 0 Å². The molecule has 5 nitrogen and oxygen atoms in total. The van der Waals surface area contributed by atoms with Gasteiger partial charge in [-0.05, 0) is 18.2 Å². The van der Waals surface area contributed by atoms with Gasteiger partial charge in [0.15, 0.2) is 0 Å². The fourth-order valence-corrected chi connectivity index (χ4v) is 2.89. The zero-order chi connectivity index (χ0) is 17.6. The quantitative estimate of drug-likeness (QED) is 0.675. The number of hydrogen-bond donors (Lipinski definition) is 1. The van der Waals surface area contributed by atoms with Gasteiger partial charge >= 0.3 is 0 Å². The number of halogens is 1. The summed E-state index contributed by atoms with van der Waals surface area (Å²) in [6, 6.07) is 14.9. The lowest BCUT2D eigenvalue weighted by molar-refractivity contribution is -0.133. The van der Waals surface area contributed by atoms with E-state index in [0.717, 1.165) is 11.1 Å². The van der Waals surface area contributed by atoms with E-state index in [2.05, 4.69) is 4.99 Å². The summed E-state index contributed by atoms with van der Waals surface area (Å²) in [5.74, 6) is -0.0164. The Hall–Kier alpha value is -2.37. The van der Waals surface area contributed by atoms with E-state index in [4.69, 9.17) is 22.1 Å². The molecule has 2 aromatic rings. The first-order valence-corrected chi connectivity index (χ1v) is 8.54. The van der Waals surface area contributed by atoms with Crippen LogP contribution in [0.5, 0.6) is 0 Å². The topological polar surface area (TPSA) is 67.9 Å². The number of morpholine rings is 1. The van der Waals surface area contributed by atoms with Crippen molar-refractivity contribution in [2.24, 2.45) is 4.99 Å². The molecule has 0 unspecified atom stereocenters. The van der Waals surface area contributed by atoms with Crippen molar-refractivity contribution in [2.75, 3.05) is 38.6 Å². The first kappa shape index (κ1) is 17.5. The maximum atomic E-state index is 12.4. The molecule has 2 N–H and O–H groups in total. The molecule has 130 valence electrons. The third-order valence-corrected chi connectivity index (χ3v) is 4.29. The van der Waals surface area contributed by atoms with Crippen LogP contribution in [-0.2, 0) is 9.53 Å². The van der Waals surface area contributed by atoms with Crippen molar-refractivity contribution in [1.29, 1.82) is 0 Å². The van der Waals surface area contributed by atoms with Crippen LogP contribution in [0.15, 0.2) is 53.5 Å². The fraction of sp³-hybridized carbons (Fsp3) is 0.263. The Labute approximate surface area is 152 Å². The largest absolute Gasteiger partial charge is 0.398 e. The molecule has 2 aromatic carbocycles. The Morgan fingerprint density at radius 1 is 1.16 bits per heavy atom. The van der Waals surface area contributed by atoms with Crippen LogP contribution in [0.2, 0.25) is 5.02 Å². The molecular formula is C19H20ClN3O2. The van der Waals surface area contributed by atoms with Gasteiger partial charge < -0.3 is 15.4 Å². The molecule has 3 rings (SSSR count). The zero-order valence-corrected chi connectivity index (χ0v) is 14.6. The van der Waals surface area contributed by atoms with Gasteiger partial charge in [-0.25, -0.2) is 0 Å². The van der Waals surface area contributed by atoms with E-state index in [9.17, 15) is 4.79 Å². The molecule has 1 saturated heterocycles. The van der Waals surface area contributed by atoms with Gasteiger partial charge in [0, 0.05) is 34.9 Å². The average molecular weight is 358 g/mol. The highest BCUT2D eigenvalue weighted by Crippen LogP contribution is 2.22. The van der Waals surface area contributed by atoms with Crippen LogP contribution in [0.4, 0.5) is 5.69 Å². The Morgan fingerprint density at radius 3 is 2.60 bits per heavy atom. The molecule has 0 bridgehead atoms. The van der Waals surface area contributed by atoms with E-state index in [-0.39, 0.29) is 12.5 Å². The zero-order valence-electron chi connectivity index (χ0n) is 13.8. The lowest BCUT2D eigenvalue weighted by atomic mass is 10.0. The van der Waals surface area contributed by atoms with Crippen molar-refractivity contribution in [1.82, 2.24) is 4.90 Å². The Morgan fingerprint density at radius 2 is 1.88 bits per heavy atom. The molecule has 25 heavy (non-hydrogen) atoms. The van der Waals surface area contributed by atoms with Gasteiger partial charge in [-0.2, -0.15) is 0 Å². The Balaban J connectivity index is 1.91. The van der Waals surface area contributed by atoms with Crippen LogP contribution in [0, 0.1) is 0 Å². The molecule has 0 atom stereocenters. The molecule has 0 spiro atoms. The third kappa shape index (κ3) is 4.38. The van der Waals surface area contributed by atoms with Gasteiger partial charge in [0.1, 0.15) is 6.54 Å². The summed E-state index contributed by atoms with van der Waals surface area (Å²) in [5.41, 5.74) is 8.99. The number of nitrogen functional groups attached to an aromatic ring is 1. The number of ether oxygens (including phenoxy) is 1. The van der Waals surface area contributed by atoms with Crippen molar-refractivity contribution >= 4 is 28.9 Å². The van der Waals surface area contributed by atoms with Gasteiger partial charge in [-0.1, -0.05) is 41.9 Å². The van der Waals surface area contributed by atoms with Crippen LogP contribution < -0.4 is 5.73 Å². The summed E-state index contributed by atoms with van der Waals surface area (Å²) in [4.78, 5) is 18.8. The highest BCUT2D eigenvalue weighted by Gasteiger charge is 2.17. The number of anilines is 1. The number of rotatable bonds is 4. The number of nitrogens with two attached hydrogens (primary N) is 1. The molecule has 0 aromatic heterocycles. The third-order valence-electron chi connectivity index (χ3n) is 4.05. The maximum absolute atomic E-state index is 12.4. The van der Waals surface area contributed by atoms with Gasteiger partial charge in [-0.3, -0.25) is 9.79 Å². The highest BCUT2D eigenvalue weighted by atomic mass is 35.5. The van der Waals surface area contributed by atoms with Crippen molar-refractivity contribution in [3.63, 3.8) is 0 Å². The van der Waals surface area contributed by atoms with Crippen molar-refractivity contribution in [3.05, 3.63) is 64.7 Å². The standard InChI is InChI=1S/C19H20ClN3O2/c20-15-6-7-17(21)16(12-15)19(14-4-2-1-3-5-14)22-13-18(24)23-8-10-25-11-9-23/h1-7,12H,8-11,13,21H2. The molecule has 1 aliphatic heterocycles. The second-order valence-electron chi connectivity index (χ2n) is 5.76. The Bertz CT molecular complexity index is 771. The highest BCUT2D eigenvalue weighted by molar-refractivity contribution is 6.31. The van der Waals surface area contributed by atoms with E-state index in [1.165, 1.54) is 0 Å². The van der Waals surface area contributed by atoms with Crippen LogP contribution in [0.25, 0.3) is 0 Å². The summed E-state index contributed by atoms with van der Waals surface area (Å²) in [6.45, 7) is 2.42. The lowest BCUT2D eigenvalue weighted by Crippen LogP contribution is -2.41. The lowest BCUT2D eigenvalue weighted by Gasteiger charge is -2.26. The second kappa shape index (κ2) is 8.14. The predicted molar refractivity (Wildman–Crippen MR) is 100 cm³/mol. The average Bonchev–Trinajstić information content (AvgIpc) is 2.66. The molecular weight excluding hydrogens is 338 g/mol. The number of aliphatic imine (C=N–C) groups is 1. The Kier molecular flexibility index (Phi) is 5.68. The van der Waals surface area contributed by atoms with E-state index in [1.807, 2.05) is 30.3 Å². The molecule has 0 saturated carbocycles. The van der Waals surface area contributed by atoms with E-state index in [0.29, 0.717) is 42.7 Å². The summed E-state index contributed by atoms with van der Waals surface area (Å²) in [7, 11) is 0. The molecule has 6 heteroatoms. The molecule has 0 radical (unpaired) electrons. The second-order valence-corrected chi connectivity index (χ2v) is 6.19. The van der Waals surface area contributed by atoms with Crippen molar-refractivity contribution in [3.8, 4) is 0 Å². The number of carbonyl (C=O) groups excluding carboxylic acids is 1. The van der Waals surface area contributed by atoms with Gasteiger partial charge in [0.2, 0.25) is 5.91 Å². The van der Waals surface area contributed by atoms with Crippen molar-refractivity contribution < 1.29 is 9.53 Å². The number of carbonyl (C=O) groups is 1. The minimum atomic E-state index is -0.0164. The number of benzene rings is 2. The summed E-state index contributed by atoms with van der Waals surface area (Å²) >= 11 is 6.13. The van der Waals surface area contributed by atoms with Crippen LogP contribution >= 0.6 is 11.6 Å². The summed E-state index contributed by atoms with van der Waals surface area (Å²) in [6.07, 6.45) is 0. The van der Waals surface area contributed by atoms with Crippen LogP contribution in [-0.4, -0.2) is 49.4 Å². The minimum absolute atomic E-state index is 0.0164. The van der Waals surface area contributed by atoms with Crippen LogP contribution in [0.3, 0.4) is 0 Å². The smallest absolute Gasteiger partial charge is 0.244 e. The fourth-order valence-electron chi connectivity index (χ4n) is 2.72. The molecule has 0 aliphatic carbocycles. The van der Waals surface area contributed by atoms with E-state index < -0.39 is 0 Å². The van der Waals surface area contributed by atoms with Crippen LogP contribution in [0.1, 0.15) is 11.1 Å². The molecule has 1 fully saturated rings. The molecule has 1 amide bonds. The van der Waals surface area contributed by atoms with E-state index in [1.54, 1.807) is 23.1 Å². The van der Waals surface area contributed by atoms with Gasteiger partial charge in [0.05, 0.1) is 18.9 Å². The first-order valence-electron chi connectivity index (χ1n) is 8.16. The predicted octanol–water partition coefficient (Wildman–Crippen LogP) is 2.62. The number of hydrogen-bond acceptors (Lipinski definition) is 4. The SMILES string of the molecule is Nc1ccc(Cl)cc1C(=NCC(=O)N1CCOCC1)c1ccccc1. The normalized spacial score (nSPS) is 15.2. The summed E-state index contributed by atoms with van der Waals surface area (Å²) < 4.78 is 5.28. The monoisotopic (exact) mass is 357 g/mol.